The van der Waals surface area contributed by atoms with Crippen molar-refractivity contribution in [3.63, 3.8) is 0 Å². The Labute approximate surface area is 117 Å². The third-order valence-electron chi connectivity index (χ3n) is 3.55. The first-order valence-corrected chi connectivity index (χ1v) is 6.73. The van der Waals surface area contributed by atoms with E-state index in [1.807, 2.05) is 37.3 Å². The van der Waals surface area contributed by atoms with Gasteiger partial charge in [0.1, 0.15) is 0 Å². The van der Waals surface area contributed by atoms with E-state index < -0.39 is 17.2 Å². The summed E-state index contributed by atoms with van der Waals surface area (Å²) >= 11 is 0. The minimum Gasteiger partial charge on any atom is -0.389 e. The van der Waals surface area contributed by atoms with Gasteiger partial charge in [0.2, 0.25) is 0 Å². The molecule has 0 aliphatic heterocycles. The average molecular weight is 276 g/mol. The van der Waals surface area contributed by atoms with Gasteiger partial charge in [-0.2, -0.15) is 0 Å². The average Bonchev–Trinajstić information content (AvgIpc) is 2.44. The molecule has 0 heterocycles. The third-order valence-corrected chi connectivity index (χ3v) is 3.55. The molecule has 0 aliphatic carbocycles. The molecule has 0 fully saturated rings. The molecule has 0 saturated carbocycles. The molecule has 1 nitrogen and oxygen atoms in total. The van der Waals surface area contributed by atoms with Crippen LogP contribution < -0.4 is 0 Å². The lowest BCUT2D eigenvalue weighted by atomic mass is 9.86. The lowest BCUT2D eigenvalue weighted by molar-refractivity contribution is 0.0368. The van der Waals surface area contributed by atoms with E-state index in [2.05, 4.69) is 0 Å². The molecular weight excluding hydrogens is 258 g/mol. The van der Waals surface area contributed by atoms with E-state index in [9.17, 15) is 13.9 Å². The van der Waals surface area contributed by atoms with Gasteiger partial charge >= 0.3 is 0 Å². The number of benzene rings is 2. The monoisotopic (exact) mass is 276 g/mol. The van der Waals surface area contributed by atoms with E-state index >= 15 is 0 Å². The van der Waals surface area contributed by atoms with Gasteiger partial charge in [-0.1, -0.05) is 43.3 Å². The van der Waals surface area contributed by atoms with Crippen LogP contribution in [0.5, 0.6) is 0 Å². The molecule has 2 aromatic rings. The Bertz CT molecular complexity index is 568. The van der Waals surface area contributed by atoms with Crippen LogP contribution in [0.15, 0.2) is 48.5 Å². The largest absolute Gasteiger partial charge is 0.389 e. The van der Waals surface area contributed by atoms with Gasteiger partial charge in [0.15, 0.2) is 11.6 Å². The van der Waals surface area contributed by atoms with Crippen LogP contribution in [0, 0.1) is 11.6 Å². The number of hydrogen-bond acceptors (Lipinski definition) is 1. The fourth-order valence-corrected chi connectivity index (χ4v) is 2.32. The molecule has 0 amide bonds. The highest BCUT2D eigenvalue weighted by atomic mass is 19.2. The Hall–Kier alpha value is -1.74. The van der Waals surface area contributed by atoms with Crippen LogP contribution in [0.2, 0.25) is 0 Å². The fraction of sp³-hybridized carbons (Fsp3) is 0.294. The van der Waals surface area contributed by atoms with Crippen LogP contribution in [0.4, 0.5) is 8.78 Å². The van der Waals surface area contributed by atoms with Crippen molar-refractivity contribution >= 4 is 0 Å². The molecule has 0 aromatic heterocycles. The van der Waals surface area contributed by atoms with Gasteiger partial charge in [-0.15, -0.1) is 0 Å². The predicted molar refractivity (Wildman–Crippen MR) is 75.4 cm³/mol. The first kappa shape index (κ1) is 14.7. The Balaban J connectivity index is 2.16. The fourth-order valence-electron chi connectivity index (χ4n) is 2.32. The molecule has 0 bridgehead atoms. The van der Waals surface area contributed by atoms with E-state index in [0.29, 0.717) is 24.8 Å². The standard InChI is InChI=1S/C17H18F2O/c1-2-17(20,11-13-6-4-3-5-7-13)12-14-8-9-15(18)16(19)10-14/h3-10,20H,2,11-12H2,1H3. The van der Waals surface area contributed by atoms with Gasteiger partial charge in [0.05, 0.1) is 5.60 Å². The summed E-state index contributed by atoms with van der Waals surface area (Å²) in [5.41, 5.74) is 0.676. The Kier molecular flexibility index (Phi) is 4.50. The summed E-state index contributed by atoms with van der Waals surface area (Å²) in [5, 5.41) is 10.7. The minimum absolute atomic E-state index is 0.301. The highest BCUT2D eigenvalue weighted by molar-refractivity contribution is 5.22. The maximum absolute atomic E-state index is 13.2. The van der Waals surface area contributed by atoms with Crippen molar-refractivity contribution in [1.82, 2.24) is 0 Å². The second kappa shape index (κ2) is 6.14. The van der Waals surface area contributed by atoms with E-state index in [4.69, 9.17) is 0 Å². The van der Waals surface area contributed by atoms with Crippen LogP contribution in [0.3, 0.4) is 0 Å². The molecule has 0 radical (unpaired) electrons. The number of rotatable bonds is 5. The summed E-state index contributed by atoms with van der Waals surface area (Å²) in [5.74, 6) is -1.74. The zero-order valence-corrected chi connectivity index (χ0v) is 11.4. The second-order valence-corrected chi connectivity index (χ2v) is 5.17. The molecule has 0 saturated heterocycles. The van der Waals surface area contributed by atoms with Crippen LogP contribution >= 0.6 is 0 Å². The smallest absolute Gasteiger partial charge is 0.159 e. The van der Waals surface area contributed by atoms with Crippen molar-refractivity contribution in [1.29, 1.82) is 0 Å². The van der Waals surface area contributed by atoms with Crippen molar-refractivity contribution in [3.8, 4) is 0 Å². The molecule has 2 aromatic carbocycles. The molecular formula is C17H18F2O. The topological polar surface area (TPSA) is 20.2 Å². The van der Waals surface area contributed by atoms with Crippen LogP contribution in [-0.4, -0.2) is 10.7 Å². The first-order chi connectivity index (χ1) is 9.52. The zero-order valence-electron chi connectivity index (χ0n) is 11.4. The third kappa shape index (κ3) is 3.64. The minimum atomic E-state index is -0.953. The quantitative estimate of drug-likeness (QED) is 0.878. The Morgan fingerprint density at radius 1 is 0.900 bits per heavy atom. The van der Waals surface area contributed by atoms with Crippen LogP contribution in [0.1, 0.15) is 24.5 Å². The van der Waals surface area contributed by atoms with Crippen molar-refractivity contribution in [2.45, 2.75) is 31.8 Å². The van der Waals surface area contributed by atoms with Gasteiger partial charge in [0, 0.05) is 12.8 Å². The van der Waals surface area contributed by atoms with E-state index in [-0.39, 0.29) is 0 Å². The SMILES string of the molecule is CCC(O)(Cc1ccccc1)Cc1ccc(F)c(F)c1. The summed E-state index contributed by atoms with van der Waals surface area (Å²) in [4.78, 5) is 0. The zero-order chi connectivity index (χ0) is 14.6. The molecule has 1 atom stereocenters. The van der Waals surface area contributed by atoms with E-state index in [1.165, 1.54) is 6.07 Å². The molecule has 1 N–H and O–H groups in total. The normalized spacial score (nSPS) is 14.0. The maximum atomic E-state index is 13.2. The first-order valence-electron chi connectivity index (χ1n) is 6.73. The van der Waals surface area contributed by atoms with Crippen LogP contribution in [-0.2, 0) is 12.8 Å². The number of hydrogen-bond donors (Lipinski definition) is 1. The number of halogens is 2. The molecule has 2 rings (SSSR count). The Morgan fingerprint density at radius 3 is 2.15 bits per heavy atom. The highest BCUT2D eigenvalue weighted by Gasteiger charge is 2.26. The summed E-state index contributed by atoms with van der Waals surface area (Å²) in [6.45, 7) is 1.89. The van der Waals surface area contributed by atoms with E-state index in [0.717, 1.165) is 17.7 Å². The number of aliphatic hydroxyl groups is 1. The van der Waals surface area contributed by atoms with Gasteiger partial charge in [-0.3, -0.25) is 0 Å². The van der Waals surface area contributed by atoms with Crippen molar-refractivity contribution < 1.29 is 13.9 Å². The molecule has 0 spiro atoms. The molecule has 106 valence electrons. The molecule has 3 heteroatoms. The lowest BCUT2D eigenvalue weighted by Crippen LogP contribution is -2.33. The molecule has 0 aliphatic rings. The van der Waals surface area contributed by atoms with E-state index in [1.54, 1.807) is 0 Å². The molecule has 1 unspecified atom stereocenters. The summed E-state index contributed by atoms with van der Waals surface area (Å²) in [7, 11) is 0. The summed E-state index contributed by atoms with van der Waals surface area (Å²) in [6, 6.07) is 13.4. The predicted octanol–water partition coefficient (Wildman–Crippen LogP) is 3.89. The second-order valence-electron chi connectivity index (χ2n) is 5.17. The highest BCUT2D eigenvalue weighted by Crippen LogP contribution is 2.23. The van der Waals surface area contributed by atoms with Gasteiger partial charge in [0.25, 0.3) is 0 Å². The van der Waals surface area contributed by atoms with Crippen molar-refractivity contribution in [2.24, 2.45) is 0 Å². The van der Waals surface area contributed by atoms with Gasteiger partial charge in [-0.25, -0.2) is 8.78 Å². The lowest BCUT2D eigenvalue weighted by Gasteiger charge is -2.27. The summed E-state index contributed by atoms with van der Waals surface area (Å²) in [6.07, 6.45) is 1.33. The van der Waals surface area contributed by atoms with Gasteiger partial charge in [-0.05, 0) is 29.7 Å². The van der Waals surface area contributed by atoms with Gasteiger partial charge < -0.3 is 5.11 Å². The van der Waals surface area contributed by atoms with Crippen molar-refractivity contribution in [2.75, 3.05) is 0 Å². The Morgan fingerprint density at radius 2 is 1.55 bits per heavy atom. The maximum Gasteiger partial charge on any atom is 0.159 e. The van der Waals surface area contributed by atoms with Crippen LogP contribution in [0.25, 0.3) is 0 Å². The van der Waals surface area contributed by atoms with Crippen molar-refractivity contribution in [3.05, 3.63) is 71.3 Å². The molecule has 20 heavy (non-hydrogen) atoms. The summed E-state index contributed by atoms with van der Waals surface area (Å²) < 4.78 is 26.2.